The first-order chi connectivity index (χ1) is 15.4. The Morgan fingerprint density at radius 3 is 2.62 bits per heavy atom. The fraction of sp³-hybridized carbons (Fsp3) is 0.320. The Bertz CT molecular complexity index is 1070. The summed E-state index contributed by atoms with van der Waals surface area (Å²) in [5.41, 5.74) is 2.16. The Hall–Kier alpha value is -3.12. The molecule has 1 atom stereocenters. The number of hydrogen-bond donors (Lipinski definition) is 1. The second kappa shape index (κ2) is 9.57. The van der Waals surface area contributed by atoms with Crippen LogP contribution in [0.4, 0.5) is 5.69 Å². The van der Waals surface area contributed by atoms with Crippen LogP contribution in [-0.2, 0) is 16.0 Å². The highest BCUT2D eigenvalue weighted by Crippen LogP contribution is 2.27. The zero-order valence-electron chi connectivity index (χ0n) is 18.0. The van der Waals surface area contributed by atoms with E-state index in [1.807, 2.05) is 35.2 Å². The number of piperidine rings is 1. The standard InChI is InChI=1S/C25H26ClN3O3/c1-17-7-6-13-28(16-17)23(30)19-10-5-11-20(15-19)27-22-21(26)24(31)29(25(22)32)14-12-18-8-3-2-4-9-18/h2-5,8-11,15,17,27H,6-7,12-14,16H2,1H3/t17-/m1/s1. The molecule has 2 aromatic rings. The van der Waals surface area contributed by atoms with Gasteiger partial charge in [0.2, 0.25) is 0 Å². The Morgan fingerprint density at radius 2 is 1.88 bits per heavy atom. The number of nitrogens with one attached hydrogen (secondary N) is 1. The third-order valence-electron chi connectivity index (χ3n) is 5.90. The third kappa shape index (κ3) is 4.70. The van der Waals surface area contributed by atoms with Gasteiger partial charge in [-0.3, -0.25) is 19.3 Å². The molecule has 0 radical (unpaired) electrons. The predicted molar refractivity (Wildman–Crippen MR) is 124 cm³/mol. The molecule has 0 aromatic heterocycles. The summed E-state index contributed by atoms with van der Waals surface area (Å²) in [4.78, 5) is 41.4. The molecule has 3 amide bonds. The van der Waals surface area contributed by atoms with Gasteiger partial charge in [0.15, 0.2) is 0 Å². The van der Waals surface area contributed by atoms with Gasteiger partial charge in [-0.2, -0.15) is 0 Å². The first-order valence-electron chi connectivity index (χ1n) is 10.9. The van der Waals surface area contributed by atoms with E-state index in [1.165, 1.54) is 0 Å². The number of likely N-dealkylation sites (tertiary alicyclic amines) is 1. The molecule has 6 nitrogen and oxygen atoms in total. The van der Waals surface area contributed by atoms with Crippen LogP contribution in [0.5, 0.6) is 0 Å². The molecular formula is C25H26ClN3O3. The summed E-state index contributed by atoms with van der Waals surface area (Å²) in [5, 5.41) is 2.84. The number of rotatable bonds is 6. The molecule has 2 heterocycles. The third-order valence-corrected chi connectivity index (χ3v) is 6.25. The van der Waals surface area contributed by atoms with Crippen LogP contribution in [0.2, 0.25) is 0 Å². The Kier molecular flexibility index (Phi) is 6.61. The van der Waals surface area contributed by atoms with Crippen molar-refractivity contribution < 1.29 is 14.4 Å². The topological polar surface area (TPSA) is 69.7 Å². The van der Waals surface area contributed by atoms with Gasteiger partial charge < -0.3 is 10.2 Å². The van der Waals surface area contributed by atoms with Crippen molar-refractivity contribution in [2.75, 3.05) is 25.0 Å². The van der Waals surface area contributed by atoms with E-state index in [0.29, 0.717) is 23.6 Å². The summed E-state index contributed by atoms with van der Waals surface area (Å²) < 4.78 is 0. The lowest BCUT2D eigenvalue weighted by atomic mass is 9.99. The van der Waals surface area contributed by atoms with E-state index in [0.717, 1.165) is 36.4 Å². The summed E-state index contributed by atoms with van der Waals surface area (Å²) in [6.07, 6.45) is 2.69. The zero-order valence-corrected chi connectivity index (χ0v) is 18.8. The first kappa shape index (κ1) is 22.1. The molecule has 2 aliphatic rings. The van der Waals surface area contributed by atoms with E-state index in [1.54, 1.807) is 24.3 Å². The van der Waals surface area contributed by atoms with Gasteiger partial charge in [-0.15, -0.1) is 0 Å². The maximum atomic E-state index is 12.9. The number of imide groups is 1. The molecule has 0 aliphatic carbocycles. The van der Waals surface area contributed by atoms with Crippen LogP contribution in [0.15, 0.2) is 65.3 Å². The molecule has 0 spiro atoms. The smallest absolute Gasteiger partial charge is 0.278 e. The van der Waals surface area contributed by atoms with E-state index in [9.17, 15) is 14.4 Å². The van der Waals surface area contributed by atoms with Gasteiger partial charge in [0, 0.05) is 30.9 Å². The van der Waals surface area contributed by atoms with Crippen LogP contribution < -0.4 is 5.32 Å². The molecule has 0 unspecified atom stereocenters. The average Bonchev–Trinajstić information content (AvgIpc) is 3.01. The lowest BCUT2D eigenvalue weighted by Gasteiger charge is -2.31. The zero-order chi connectivity index (χ0) is 22.7. The number of carbonyl (C=O) groups excluding carboxylic acids is 3. The molecular weight excluding hydrogens is 426 g/mol. The minimum absolute atomic E-state index is 0.0291. The van der Waals surface area contributed by atoms with Crippen molar-refractivity contribution >= 4 is 35.0 Å². The molecule has 7 heteroatoms. The fourth-order valence-electron chi connectivity index (χ4n) is 4.17. The summed E-state index contributed by atoms with van der Waals surface area (Å²) in [7, 11) is 0. The van der Waals surface area contributed by atoms with E-state index in [-0.39, 0.29) is 23.2 Å². The Labute approximate surface area is 192 Å². The molecule has 1 N–H and O–H groups in total. The quantitative estimate of drug-likeness (QED) is 0.673. The van der Waals surface area contributed by atoms with Crippen LogP contribution in [0.3, 0.4) is 0 Å². The van der Waals surface area contributed by atoms with Gasteiger partial charge >= 0.3 is 0 Å². The second-order valence-electron chi connectivity index (χ2n) is 8.39. The highest BCUT2D eigenvalue weighted by atomic mass is 35.5. The van der Waals surface area contributed by atoms with Crippen molar-refractivity contribution in [3.8, 4) is 0 Å². The number of anilines is 1. The minimum atomic E-state index is -0.510. The Balaban J connectivity index is 1.45. The van der Waals surface area contributed by atoms with Gasteiger partial charge in [-0.05, 0) is 48.9 Å². The van der Waals surface area contributed by atoms with Crippen LogP contribution in [0, 0.1) is 5.92 Å². The van der Waals surface area contributed by atoms with Crippen molar-refractivity contribution in [1.82, 2.24) is 9.80 Å². The van der Waals surface area contributed by atoms with Crippen molar-refractivity contribution in [1.29, 1.82) is 0 Å². The minimum Gasteiger partial charge on any atom is -0.350 e. The molecule has 32 heavy (non-hydrogen) atoms. The number of amides is 3. The Morgan fingerprint density at radius 1 is 1.09 bits per heavy atom. The first-order valence-corrected chi connectivity index (χ1v) is 11.3. The number of benzene rings is 2. The van der Waals surface area contributed by atoms with E-state index < -0.39 is 11.8 Å². The van der Waals surface area contributed by atoms with Crippen molar-refractivity contribution in [2.45, 2.75) is 26.2 Å². The van der Waals surface area contributed by atoms with Gasteiger partial charge in [-0.25, -0.2) is 0 Å². The number of halogens is 1. The highest BCUT2D eigenvalue weighted by Gasteiger charge is 2.37. The maximum absolute atomic E-state index is 12.9. The molecule has 2 aliphatic heterocycles. The number of nitrogens with zero attached hydrogens (tertiary/aromatic N) is 2. The largest absolute Gasteiger partial charge is 0.350 e. The summed E-state index contributed by atoms with van der Waals surface area (Å²) in [6, 6.07) is 16.6. The van der Waals surface area contributed by atoms with E-state index in [4.69, 9.17) is 11.6 Å². The highest BCUT2D eigenvalue weighted by molar-refractivity contribution is 6.48. The maximum Gasteiger partial charge on any atom is 0.278 e. The lowest BCUT2D eigenvalue weighted by molar-refractivity contribution is -0.137. The van der Waals surface area contributed by atoms with Gasteiger partial charge in [0.1, 0.15) is 10.7 Å². The SMILES string of the molecule is C[C@@H]1CCCN(C(=O)c2cccc(NC3=C(Cl)C(=O)N(CCc4ccccc4)C3=O)c2)C1. The summed E-state index contributed by atoms with van der Waals surface area (Å²) >= 11 is 6.22. The van der Waals surface area contributed by atoms with Crippen LogP contribution >= 0.6 is 11.6 Å². The summed E-state index contributed by atoms with van der Waals surface area (Å²) in [5.74, 6) is -0.511. The molecule has 4 rings (SSSR count). The molecule has 0 bridgehead atoms. The molecule has 0 saturated carbocycles. The molecule has 2 aromatic carbocycles. The lowest BCUT2D eigenvalue weighted by Crippen LogP contribution is -2.39. The van der Waals surface area contributed by atoms with Gasteiger partial charge in [0.05, 0.1) is 0 Å². The van der Waals surface area contributed by atoms with Crippen molar-refractivity contribution in [3.05, 3.63) is 76.5 Å². The summed E-state index contributed by atoms with van der Waals surface area (Å²) in [6.45, 7) is 3.89. The normalized spacial score (nSPS) is 19.0. The van der Waals surface area contributed by atoms with Crippen molar-refractivity contribution in [2.24, 2.45) is 5.92 Å². The van der Waals surface area contributed by atoms with Crippen LogP contribution in [0.25, 0.3) is 0 Å². The van der Waals surface area contributed by atoms with Crippen LogP contribution in [0.1, 0.15) is 35.7 Å². The van der Waals surface area contributed by atoms with Crippen LogP contribution in [-0.4, -0.2) is 47.2 Å². The average molecular weight is 452 g/mol. The monoisotopic (exact) mass is 451 g/mol. The molecule has 1 fully saturated rings. The second-order valence-corrected chi connectivity index (χ2v) is 8.77. The van der Waals surface area contributed by atoms with Crippen molar-refractivity contribution in [3.63, 3.8) is 0 Å². The predicted octanol–water partition coefficient (Wildman–Crippen LogP) is 4.03. The van der Waals surface area contributed by atoms with Gasteiger partial charge in [0.25, 0.3) is 17.7 Å². The van der Waals surface area contributed by atoms with E-state index >= 15 is 0 Å². The number of hydrogen-bond acceptors (Lipinski definition) is 4. The molecule has 1 saturated heterocycles. The van der Waals surface area contributed by atoms with Gasteiger partial charge in [-0.1, -0.05) is 54.9 Å². The van der Waals surface area contributed by atoms with E-state index in [2.05, 4.69) is 12.2 Å². The fourth-order valence-corrected chi connectivity index (χ4v) is 4.40. The molecule has 166 valence electrons. The number of carbonyl (C=O) groups is 3.